The van der Waals surface area contributed by atoms with Gasteiger partial charge in [0.1, 0.15) is 12.4 Å². The molecular weight excluding hydrogens is 258 g/mol. The first-order valence-corrected chi connectivity index (χ1v) is 6.94. The Morgan fingerprint density at radius 2 is 1.29 bits per heavy atom. The van der Waals surface area contributed by atoms with E-state index in [1.165, 1.54) is 11.1 Å². The Kier molecular flexibility index (Phi) is 3.88. The monoisotopic (exact) mass is 275 g/mol. The fourth-order valence-electron chi connectivity index (χ4n) is 2.15. The number of hydrogen-bond donors (Lipinski definition) is 1. The van der Waals surface area contributed by atoms with Crippen LogP contribution in [0.15, 0.2) is 78.9 Å². The molecule has 0 aromatic heterocycles. The number of nitrogens with two attached hydrogens (primary N) is 1. The van der Waals surface area contributed by atoms with Crippen molar-refractivity contribution < 1.29 is 4.74 Å². The molecule has 0 fully saturated rings. The van der Waals surface area contributed by atoms with E-state index in [1.54, 1.807) is 0 Å². The lowest BCUT2D eigenvalue weighted by molar-refractivity contribution is 0.306. The summed E-state index contributed by atoms with van der Waals surface area (Å²) < 4.78 is 5.74. The van der Waals surface area contributed by atoms with Crippen molar-refractivity contribution in [1.29, 1.82) is 0 Å². The molecule has 0 saturated carbocycles. The van der Waals surface area contributed by atoms with Crippen molar-refractivity contribution in [3.8, 4) is 16.9 Å². The third kappa shape index (κ3) is 3.42. The molecule has 2 heteroatoms. The second-order valence-corrected chi connectivity index (χ2v) is 4.92. The van der Waals surface area contributed by atoms with Crippen molar-refractivity contribution in [1.82, 2.24) is 0 Å². The van der Waals surface area contributed by atoms with Crippen molar-refractivity contribution in [3.05, 3.63) is 84.4 Å². The molecule has 0 aliphatic carbocycles. The zero-order valence-corrected chi connectivity index (χ0v) is 11.7. The molecule has 0 aliphatic rings. The quantitative estimate of drug-likeness (QED) is 0.711. The summed E-state index contributed by atoms with van der Waals surface area (Å²) in [4.78, 5) is 0. The van der Waals surface area contributed by atoms with Crippen LogP contribution in [0.2, 0.25) is 0 Å². The minimum Gasteiger partial charge on any atom is -0.489 e. The normalized spacial score (nSPS) is 10.3. The van der Waals surface area contributed by atoms with E-state index in [1.807, 2.05) is 42.5 Å². The maximum atomic E-state index is 5.74. The van der Waals surface area contributed by atoms with E-state index in [9.17, 15) is 0 Å². The highest BCUT2D eigenvalue weighted by atomic mass is 16.5. The lowest BCUT2D eigenvalue weighted by Gasteiger charge is -2.07. The van der Waals surface area contributed by atoms with Gasteiger partial charge in [-0.25, -0.2) is 0 Å². The molecule has 3 aromatic rings. The van der Waals surface area contributed by atoms with E-state index in [2.05, 4.69) is 36.4 Å². The van der Waals surface area contributed by atoms with E-state index in [0.29, 0.717) is 6.61 Å². The molecule has 21 heavy (non-hydrogen) atoms. The van der Waals surface area contributed by atoms with Gasteiger partial charge in [0.2, 0.25) is 0 Å². The Morgan fingerprint density at radius 3 is 1.95 bits per heavy atom. The number of ether oxygens (including phenoxy) is 1. The van der Waals surface area contributed by atoms with Gasteiger partial charge in [0.25, 0.3) is 0 Å². The van der Waals surface area contributed by atoms with Crippen LogP contribution in [0.4, 0.5) is 5.69 Å². The van der Waals surface area contributed by atoms with Crippen LogP contribution in [-0.2, 0) is 6.61 Å². The average Bonchev–Trinajstić information content (AvgIpc) is 2.56. The Labute approximate surface area is 124 Å². The predicted molar refractivity (Wildman–Crippen MR) is 87.1 cm³/mol. The smallest absolute Gasteiger partial charge is 0.119 e. The molecule has 104 valence electrons. The molecule has 0 heterocycles. The van der Waals surface area contributed by atoms with E-state index in [-0.39, 0.29) is 0 Å². The molecular formula is C19H17NO. The van der Waals surface area contributed by atoms with Crippen LogP contribution in [-0.4, -0.2) is 0 Å². The topological polar surface area (TPSA) is 35.2 Å². The van der Waals surface area contributed by atoms with Gasteiger partial charge in [0, 0.05) is 5.69 Å². The van der Waals surface area contributed by atoms with Gasteiger partial charge < -0.3 is 10.5 Å². The molecule has 2 nitrogen and oxygen atoms in total. The molecule has 3 rings (SSSR count). The standard InChI is InChI=1S/C19H17NO/c20-18-10-12-19(13-11-18)21-14-15-6-8-17(9-7-15)16-4-2-1-3-5-16/h1-13H,14,20H2. The first kappa shape index (κ1) is 13.3. The lowest BCUT2D eigenvalue weighted by Crippen LogP contribution is -1.95. The van der Waals surface area contributed by atoms with E-state index >= 15 is 0 Å². The molecule has 0 unspecified atom stereocenters. The van der Waals surface area contributed by atoms with Crippen molar-refractivity contribution in [2.75, 3.05) is 5.73 Å². The maximum absolute atomic E-state index is 5.74. The van der Waals surface area contributed by atoms with Gasteiger partial charge in [0.05, 0.1) is 0 Å². The summed E-state index contributed by atoms with van der Waals surface area (Å²) in [5.74, 6) is 0.830. The number of rotatable bonds is 4. The van der Waals surface area contributed by atoms with Gasteiger partial charge in [-0.2, -0.15) is 0 Å². The fraction of sp³-hybridized carbons (Fsp3) is 0.0526. The summed E-state index contributed by atoms with van der Waals surface area (Å²) in [6, 6.07) is 26.2. The van der Waals surface area contributed by atoms with Crippen LogP contribution in [0.5, 0.6) is 5.75 Å². The van der Waals surface area contributed by atoms with E-state index in [0.717, 1.165) is 17.0 Å². The number of nitrogen functional groups attached to an aromatic ring is 1. The summed E-state index contributed by atoms with van der Waals surface area (Å²) >= 11 is 0. The Morgan fingerprint density at radius 1 is 0.667 bits per heavy atom. The number of anilines is 1. The predicted octanol–water partition coefficient (Wildman–Crippen LogP) is 4.51. The van der Waals surface area contributed by atoms with E-state index < -0.39 is 0 Å². The van der Waals surface area contributed by atoms with Crippen molar-refractivity contribution in [3.63, 3.8) is 0 Å². The first-order valence-electron chi connectivity index (χ1n) is 6.94. The Bertz CT molecular complexity index is 688. The van der Waals surface area contributed by atoms with Gasteiger partial charge in [-0.05, 0) is 41.0 Å². The van der Waals surface area contributed by atoms with E-state index in [4.69, 9.17) is 10.5 Å². The highest BCUT2D eigenvalue weighted by molar-refractivity contribution is 5.63. The zero-order valence-electron chi connectivity index (χ0n) is 11.7. The molecule has 0 aliphatic heterocycles. The fourth-order valence-corrected chi connectivity index (χ4v) is 2.15. The highest BCUT2D eigenvalue weighted by Gasteiger charge is 1.99. The van der Waals surface area contributed by atoms with Crippen molar-refractivity contribution in [2.45, 2.75) is 6.61 Å². The second kappa shape index (κ2) is 6.14. The summed E-state index contributed by atoms with van der Waals surface area (Å²) in [5, 5.41) is 0. The lowest BCUT2D eigenvalue weighted by atomic mass is 10.0. The minimum absolute atomic E-state index is 0.555. The molecule has 0 atom stereocenters. The minimum atomic E-state index is 0.555. The molecule has 0 radical (unpaired) electrons. The Balaban J connectivity index is 1.66. The molecule has 3 aromatic carbocycles. The Hall–Kier alpha value is -2.74. The van der Waals surface area contributed by atoms with Gasteiger partial charge in [0.15, 0.2) is 0 Å². The molecule has 0 saturated heterocycles. The van der Waals surface area contributed by atoms with Crippen molar-refractivity contribution >= 4 is 5.69 Å². The largest absolute Gasteiger partial charge is 0.489 e. The molecule has 0 spiro atoms. The number of benzene rings is 3. The molecule has 2 N–H and O–H groups in total. The summed E-state index contributed by atoms with van der Waals surface area (Å²) in [5.41, 5.74) is 9.98. The van der Waals surface area contributed by atoms with Crippen LogP contribution < -0.4 is 10.5 Å². The van der Waals surface area contributed by atoms with Crippen LogP contribution in [0.3, 0.4) is 0 Å². The van der Waals surface area contributed by atoms with Gasteiger partial charge in [-0.1, -0.05) is 54.6 Å². The second-order valence-electron chi connectivity index (χ2n) is 4.92. The zero-order chi connectivity index (χ0) is 14.5. The third-order valence-corrected chi connectivity index (χ3v) is 3.35. The molecule has 0 bridgehead atoms. The average molecular weight is 275 g/mol. The molecule has 0 amide bonds. The van der Waals surface area contributed by atoms with Crippen LogP contribution in [0.25, 0.3) is 11.1 Å². The van der Waals surface area contributed by atoms with Gasteiger partial charge >= 0.3 is 0 Å². The van der Waals surface area contributed by atoms with Crippen LogP contribution in [0, 0.1) is 0 Å². The van der Waals surface area contributed by atoms with Gasteiger partial charge in [-0.3, -0.25) is 0 Å². The van der Waals surface area contributed by atoms with Crippen LogP contribution >= 0.6 is 0 Å². The van der Waals surface area contributed by atoms with Crippen LogP contribution in [0.1, 0.15) is 5.56 Å². The first-order chi connectivity index (χ1) is 10.3. The third-order valence-electron chi connectivity index (χ3n) is 3.35. The summed E-state index contributed by atoms with van der Waals surface area (Å²) in [6.07, 6.45) is 0. The maximum Gasteiger partial charge on any atom is 0.119 e. The summed E-state index contributed by atoms with van der Waals surface area (Å²) in [7, 11) is 0. The van der Waals surface area contributed by atoms with Gasteiger partial charge in [-0.15, -0.1) is 0 Å². The highest BCUT2D eigenvalue weighted by Crippen LogP contribution is 2.20. The van der Waals surface area contributed by atoms with Crippen molar-refractivity contribution in [2.24, 2.45) is 0 Å². The summed E-state index contributed by atoms with van der Waals surface area (Å²) in [6.45, 7) is 0.555. The number of hydrogen-bond acceptors (Lipinski definition) is 2. The SMILES string of the molecule is Nc1ccc(OCc2ccc(-c3ccccc3)cc2)cc1.